The molecule has 1 rings (SSSR count). The van der Waals surface area contributed by atoms with Crippen LogP contribution in [-0.4, -0.2) is 19.1 Å². The van der Waals surface area contributed by atoms with Crippen molar-refractivity contribution in [1.29, 1.82) is 0 Å². The summed E-state index contributed by atoms with van der Waals surface area (Å²) in [4.78, 5) is 11.3. The van der Waals surface area contributed by atoms with Crippen molar-refractivity contribution in [3.63, 3.8) is 0 Å². The van der Waals surface area contributed by atoms with E-state index in [2.05, 4.69) is 27.8 Å². The molecule has 92 valence electrons. The van der Waals surface area contributed by atoms with Gasteiger partial charge in [-0.15, -0.1) is 0 Å². The number of rotatable bonds is 5. The van der Waals surface area contributed by atoms with E-state index in [1.165, 1.54) is 12.1 Å². The van der Waals surface area contributed by atoms with Gasteiger partial charge in [0.15, 0.2) is 0 Å². The van der Waals surface area contributed by atoms with Gasteiger partial charge < -0.3 is 10.1 Å². The van der Waals surface area contributed by atoms with E-state index < -0.39 is 5.97 Å². The fraction of sp³-hybridized carbons (Fsp3) is 0.250. The summed E-state index contributed by atoms with van der Waals surface area (Å²) < 4.78 is 18.2. The van der Waals surface area contributed by atoms with E-state index in [9.17, 15) is 9.18 Å². The Morgan fingerprint density at radius 2 is 2.29 bits per heavy atom. The van der Waals surface area contributed by atoms with Crippen LogP contribution in [0.1, 0.15) is 6.92 Å². The van der Waals surface area contributed by atoms with E-state index in [1.54, 1.807) is 13.0 Å². The highest BCUT2D eigenvalue weighted by Crippen LogP contribution is 2.23. The zero-order valence-electron chi connectivity index (χ0n) is 9.43. The molecule has 0 saturated heterocycles. The monoisotopic (exact) mass is 301 g/mol. The van der Waals surface area contributed by atoms with Crippen molar-refractivity contribution in [2.75, 3.05) is 18.5 Å². The first-order chi connectivity index (χ1) is 8.04. The SMILES string of the molecule is C=C(CNc1ccc(F)cc1Br)C(=O)OCC. The van der Waals surface area contributed by atoms with Crippen molar-refractivity contribution in [1.82, 2.24) is 0 Å². The first-order valence-corrected chi connectivity index (χ1v) is 5.87. The van der Waals surface area contributed by atoms with Crippen molar-refractivity contribution >= 4 is 27.6 Å². The number of hydrogen-bond donors (Lipinski definition) is 1. The van der Waals surface area contributed by atoms with E-state index in [4.69, 9.17) is 4.74 Å². The lowest BCUT2D eigenvalue weighted by atomic mass is 10.2. The summed E-state index contributed by atoms with van der Waals surface area (Å²) in [5.41, 5.74) is 1.01. The molecule has 5 heteroatoms. The number of carbonyl (C=O) groups is 1. The largest absolute Gasteiger partial charge is 0.463 e. The Balaban J connectivity index is 2.56. The van der Waals surface area contributed by atoms with E-state index in [-0.39, 0.29) is 12.4 Å². The van der Waals surface area contributed by atoms with Crippen LogP contribution >= 0.6 is 15.9 Å². The molecule has 0 fully saturated rings. The molecule has 1 aromatic rings. The molecule has 1 N–H and O–H groups in total. The van der Waals surface area contributed by atoms with Crippen LogP contribution in [0.2, 0.25) is 0 Å². The third-order valence-electron chi connectivity index (χ3n) is 1.99. The smallest absolute Gasteiger partial charge is 0.335 e. The molecule has 0 aliphatic heterocycles. The molecule has 0 aliphatic carbocycles. The van der Waals surface area contributed by atoms with Crippen molar-refractivity contribution in [3.8, 4) is 0 Å². The predicted molar refractivity (Wildman–Crippen MR) is 68.4 cm³/mol. The second-order valence-corrected chi connectivity index (χ2v) is 4.16. The lowest BCUT2D eigenvalue weighted by Crippen LogP contribution is -2.14. The Hall–Kier alpha value is -1.36. The van der Waals surface area contributed by atoms with Gasteiger partial charge in [-0.2, -0.15) is 0 Å². The average Bonchev–Trinajstić information content (AvgIpc) is 2.27. The van der Waals surface area contributed by atoms with Gasteiger partial charge in [-0.3, -0.25) is 0 Å². The minimum absolute atomic E-state index is 0.253. The standard InChI is InChI=1S/C12H13BrFNO2/c1-3-17-12(16)8(2)7-15-11-5-4-9(14)6-10(11)13/h4-6,15H,2-3,7H2,1H3. The Bertz CT molecular complexity index is 435. The molecule has 0 bridgehead atoms. The summed E-state index contributed by atoms with van der Waals surface area (Å²) in [7, 11) is 0. The minimum Gasteiger partial charge on any atom is -0.463 e. The lowest BCUT2D eigenvalue weighted by molar-refractivity contribution is -0.138. The maximum atomic E-state index is 12.8. The van der Waals surface area contributed by atoms with E-state index in [1.807, 2.05) is 0 Å². The summed E-state index contributed by atoms with van der Waals surface area (Å²) in [5, 5.41) is 2.97. The quantitative estimate of drug-likeness (QED) is 0.671. The lowest BCUT2D eigenvalue weighted by Gasteiger charge is -2.09. The molecule has 3 nitrogen and oxygen atoms in total. The van der Waals surface area contributed by atoms with E-state index >= 15 is 0 Å². The van der Waals surface area contributed by atoms with Crippen molar-refractivity contribution in [2.45, 2.75) is 6.92 Å². The summed E-state index contributed by atoms with van der Waals surface area (Å²) in [5.74, 6) is -0.759. The van der Waals surface area contributed by atoms with Crippen LogP contribution in [0.15, 0.2) is 34.8 Å². The zero-order chi connectivity index (χ0) is 12.8. The van der Waals surface area contributed by atoms with Crippen LogP contribution in [0, 0.1) is 5.82 Å². The van der Waals surface area contributed by atoms with Crippen LogP contribution in [0.25, 0.3) is 0 Å². The number of esters is 1. The highest BCUT2D eigenvalue weighted by Gasteiger charge is 2.08. The summed E-state index contributed by atoms with van der Waals surface area (Å²) >= 11 is 3.22. The van der Waals surface area contributed by atoms with E-state index in [0.29, 0.717) is 22.3 Å². The molecule has 0 spiro atoms. The maximum Gasteiger partial charge on any atom is 0.335 e. The highest BCUT2D eigenvalue weighted by molar-refractivity contribution is 9.10. The van der Waals surface area contributed by atoms with E-state index in [0.717, 1.165) is 0 Å². The highest BCUT2D eigenvalue weighted by atomic mass is 79.9. The second kappa shape index (κ2) is 6.39. The average molecular weight is 302 g/mol. The zero-order valence-corrected chi connectivity index (χ0v) is 11.0. The van der Waals surface area contributed by atoms with Crippen LogP contribution < -0.4 is 5.32 Å². The van der Waals surface area contributed by atoms with Crippen molar-refractivity contribution in [3.05, 3.63) is 40.6 Å². The molecule has 0 atom stereocenters. The summed E-state index contributed by atoms with van der Waals surface area (Å²) in [6.45, 7) is 5.91. The number of halogens is 2. The van der Waals surface area contributed by atoms with Gasteiger partial charge in [-0.1, -0.05) is 6.58 Å². The van der Waals surface area contributed by atoms with Crippen LogP contribution in [-0.2, 0) is 9.53 Å². The normalized spacial score (nSPS) is 9.82. The number of carbonyl (C=O) groups excluding carboxylic acids is 1. The fourth-order valence-corrected chi connectivity index (χ4v) is 1.63. The van der Waals surface area contributed by atoms with Gasteiger partial charge in [0.2, 0.25) is 0 Å². The molecule has 1 aromatic carbocycles. The number of hydrogen-bond acceptors (Lipinski definition) is 3. The topological polar surface area (TPSA) is 38.3 Å². The first-order valence-electron chi connectivity index (χ1n) is 5.08. The van der Waals surface area contributed by atoms with Crippen molar-refractivity contribution < 1.29 is 13.9 Å². The molecule has 0 heterocycles. The molecule has 0 radical (unpaired) electrons. The van der Waals surface area contributed by atoms with Crippen molar-refractivity contribution in [2.24, 2.45) is 0 Å². The van der Waals surface area contributed by atoms with Gasteiger partial charge in [-0.25, -0.2) is 9.18 Å². The molecule has 0 saturated carbocycles. The molecular weight excluding hydrogens is 289 g/mol. The number of anilines is 1. The number of nitrogens with one attached hydrogen (secondary N) is 1. The Kier molecular flexibility index (Phi) is 5.15. The molecule has 17 heavy (non-hydrogen) atoms. The Morgan fingerprint density at radius 1 is 1.59 bits per heavy atom. The first kappa shape index (κ1) is 13.7. The van der Waals surface area contributed by atoms with Gasteiger partial charge in [0, 0.05) is 22.3 Å². The molecular formula is C12H13BrFNO2. The van der Waals surface area contributed by atoms with Gasteiger partial charge in [0.25, 0.3) is 0 Å². The Morgan fingerprint density at radius 3 is 2.88 bits per heavy atom. The maximum absolute atomic E-state index is 12.8. The number of ether oxygens (including phenoxy) is 1. The second-order valence-electron chi connectivity index (χ2n) is 3.30. The van der Waals surface area contributed by atoms with Gasteiger partial charge in [0.05, 0.1) is 6.61 Å². The Labute approximate surface area is 108 Å². The van der Waals surface area contributed by atoms with Crippen LogP contribution in [0.5, 0.6) is 0 Å². The summed E-state index contributed by atoms with van der Waals surface area (Å²) in [6.07, 6.45) is 0. The fourth-order valence-electron chi connectivity index (χ4n) is 1.14. The van der Waals surface area contributed by atoms with Crippen LogP contribution in [0.4, 0.5) is 10.1 Å². The molecule has 0 unspecified atom stereocenters. The number of benzene rings is 1. The molecule has 0 aliphatic rings. The molecule has 0 amide bonds. The van der Waals surface area contributed by atoms with Crippen LogP contribution in [0.3, 0.4) is 0 Å². The molecule has 0 aromatic heterocycles. The van der Waals surface area contributed by atoms with Gasteiger partial charge >= 0.3 is 5.97 Å². The third kappa shape index (κ3) is 4.19. The van der Waals surface area contributed by atoms with Gasteiger partial charge in [0.1, 0.15) is 5.82 Å². The predicted octanol–water partition coefficient (Wildman–Crippen LogP) is 3.12. The van der Waals surface area contributed by atoms with Gasteiger partial charge in [-0.05, 0) is 41.1 Å². The third-order valence-corrected chi connectivity index (χ3v) is 2.64. The minimum atomic E-state index is -0.432. The summed E-state index contributed by atoms with van der Waals surface area (Å²) in [6, 6.07) is 4.26.